The Kier molecular flexibility index (Phi) is 6.39. The second-order valence-electron chi connectivity index (χ2n) is 8.14. The summed E-state index contributed by atoms with van der Waals surface area (Å²) in [5.74, 6) is 1.90. The predicted molar refractivity (Wildman–Crippen MR) is 97.4 cm³/mol. The Morgan fingerprint density at radius 3 is 2.50 bits per heavy atom. The van der Waals surface area contributed by atoms with Crippen LogP contribution in [0.3, 0.4) is 0 Å². The van der Waals surface area contributed by atoms with Crippen LogP contribution in [-0.2, 0) is 9.47 Å². The lowest BCUT2D eigenvalue weighted by molar-refractivity contribution is -0.0946. The summed E-state index contributed by atoms with van der Waals surface area (Å²) in [6.07, 6.45) is 8.24. The number of hydrogen-bond acceptors (Lipinski definition) is 3. The molecule has 0 aromatic carbocycles. The van der Waals surface area contributed by atoms with Crippen LogP contribution in [0.5, 0.6) is 0 Å². The van der Waals surface area contributed by atoms with Crippen LogP contribution in [0, 0.1) is 11.3 Å². The summed E-state index contributed by atoms with van der Waals surface area (Å²) in [7, 11) is 0. The molecule has 138 valence electrons. The standard InChI is InChI=1S/C19H35N3O2/c1-3-20-18(21-13-19(2)14-23-15-19)22-10-8-17(9-11-22)24-12-16-6-4-5-7-16/h16-17H,3-15H2,1-2H3,(H,20,21). The van der Waals surface area contributed by atoms with Crippen LogP contribution >= 0.6 is 0 Å². The van der Waals surface area contributed by atoms with Crippen molar-refractivity contribution in [3.8, 4) is 0 Å². The second-order valence-corrected chi connectivity index (χ2v) is 8.14. The molecule has 2 heterocycles. The molecule has 0 aromatic rings. The summed E-state index contributed by atoms with van der Waals surface area (Å²) in [6.45, 7) is 10.9. The van der Waals surface area contributed by atoms with Crippen molar-refractivity contribution >= 4 is 5.96 Å². The van der Waals surface area contributed by atoms with Gasteiger partial charge in [0.25, 0.3) is 0 Å². The number of rotatable bonds is 6. The number of nitrogens with zero attached hydrogens (tertiary/aromatic N) is 2. The van der Waals surface area contributed by atoms with Crippen LogP contribution in [0.1, 0.15) is 52.4 Å². The van der Waals surface area contributed by atoms with Crippen LogP contribution in [0.2, 0.25) is 0 Å². The minimum absolute atomic E-state index is 0.239. The van der Waals surface area contributed by atoms with E-state index >= 15 is 0 Å². The van der Waals surface area contributed by atoms with E-state index in [4.69, 9.17) is 14.5 Å². The molecule has 1 aliphatic carbocycles. The second kappa shape index (κ2) is 8.52. The van der Waals surface area contributed by atoms with Crippen LogP contribution in [0.4, 0.5) is 0 Å². The zero-order chi connectivity index (χ0) is 16.8. The Hall–Kier alpha value is -0.810. The fraction of sp³-hybridized carbons (Fsp3) is 0.947. The van der Waals surface area contributed by atoms with E-state index in [0.717, 1.165) is 70.7 Å². The monoisotopic (exact) mass is 337 g/mol. The zero-order valence-corrected chi connectivity index (χ0v) is 15.6. The van der Waals surface area contributed by atoms with Crippen molar-refractivity contribution in [3.05, 3.63) is 0 Å². The highest BCUT2D eigenvalue weighted by atomic mass is 16.5. The first-order valence-corrected chi connectivity index (χ1v) is 9.91. The first-order valence-electron chi connectivity index (χ1n) is 9.91. The Bertz CT molecular complexity index is 409. The third-order valence-corrected chi connectivity index (χ3v) is 5.63. The van der Waals surface area contributed by atoms with E-state index < -0.39 is 0 Å². The van der Waals surface area contributed by atoms with Gasteiger partial charge in [-0.2, -0.15) is 0 Å². The van der Waals surface area contributed by atoms with Crippen molar-refractivity contribution in [2.24, 2.45) is 16.3 Å². The summed E-state index contributed by atoms with van der Waals surface area (Å²) < 4.78 is 11.5. The van der Waals surface area contributed by atoms with Crippen molar-refractivity contribution < 1.29 is 9.47 Å². The van der Waals surface area contributed by atoms with Gasteiger partial charge in [0.2, 0.25) is 0 Å². The Morgan fingerprint density at radius 2 is 1.92 bits per heavy atom. The van der Waals surface area contributed by atoms with Gasteiger partial charge in [-0.05, 0) is 38.5 Å². The third-order valence-electron chi connectivity index (χ3n) is 5.63. The molecule has 0 radical (unpaired) electrons. The maximum atomic E-state index is 6.19. The topological polar surface area (TPSA) is 46.1 Å². The minimum atomic E-state index is 0.239. The Balaban J connectivity index is 1.43. The molecular weight excluding hydrogens is 302 g/mol. The highest BCUT2D eigenvalue weighted by Gasteiger charge is 2.33. The fourth-order valence-corrected chi connectivity index (χ4v) is 3.92. The first kappa shape index (κ1) is 18.0. The molecule has 0 spiro atoms. The molecular formula is C19H35N3O2. The van der Waals surface area contributed by atoms with E-state index in [0.29, 0.717) is 6.10 Å². The quantitative estimate of drug-likeness (QED) is 0.598. The normalized spacial score (nSPS) is 25.8. The maximum Gasteiger partial charge on any atom is 0.193 e. The zero-order valence-electron chi connectivity index (χ0n) is 15.6. The van der Waals surface area contributed by atoms with E-state index in [2.05, 4.69) is 24.1 Å². The van der Waals surface area contributed by atoms with Gasteiger partial charge in [-0.1, -0.05) is 19.8 Å². The number of guanidine groups is 1. The molecule has 0 aromatic heterocycles. The van der Waals surface area contributed by atoms with Gasteiger partial charge >= 0.3 is 0 Å². The SMILES string of the molecule is CCNC(=NCC1(C)COC1)N1CCC(OCC2CCCC2)CC1. The molecule has 2 aliphatic heterocycles. The average molecular weight is 338 g/mol. The van der Waals surface area contributed by atoms with Gasteiger partial charge in [0, 0.05) is 31.7 Å². The molecule has 24 heavy (non-hydrogen) atoms. The lowest BCUT2D eigenvalue weighted by Crippen LogP contribution is -2.48. The molecule has 3 aliphatic rings. The number of aliphatic imine (C=N–C) groups is 1. The summed E-state index contributed by atoms with van der Waals surface area (Å²) in [5, 5.41) is 3.46. The minimum Gasteiger partial charge on any atom is -0.380 e. The van der Waals surface area contributed by atoms with Gasteiger partial charge in [0.05, 0.1) is 25.9 Å². The molecule has 3 rings (SSSR count). The van der Waals surface area contributed by atoms with Gasteiger partial charge in [0.1, 0.15) is 0 Å². The van der Waals surface area contributed by atoms with Gasteiger partial charge in [-0.25, -0.2) is 0 Å². The molecule has 5 heteroatoms. The van der Waals surface area contributed by atoms with Gasteiger partial charge in [-0.15, -0.1) is 0 Å². The molecule has 1 N–H and O–H groups in total. The molecule has 1 saturated carbocycles. The Morgan fingerprint density at radius 1 is 1.21 bits per heavy atom. The number of likely N-dealkylation sites (tertiary alicyclic amines) is 1. The summed E-state index contributed by atoms with van der Waals surface area (Å²) >= 11 is 0. The van der Waals surface area contributed by atoms with Crippen molar-refractivity contribution in [1.82, 2.24) is 10.2 Å². The average Bonchev–Trinajstić information content (AvgIpc) is 3.09. The van der Waals surface area contributed by atoms with Crippen LogP contribution in [0.25, 0.3) is 0 Å². The van der Waals surface area contributed by atoms with Gasteiger partial charge in [-0.3, -0.25) is 4.99 Å². The number of hydrogen-bond donors (Lipinski definition) is 1. The van der Waals surface area contributed by atoms with Crippen molar-refractivity contribution in [1.29, 1.82) is 0 Å². The molecule has 0 atom stereocenters. The van der Waals surface area contributed by atoms with E-state index in [1.54, 1.807) is 0 Å². The van der Waals surface area contributed by atoms with E-state index in [-0.39, 0.29) is 5.41 Å². The highest BCUT2D eigenvalue weighted by Crippen LogP contribution is 2.27. The molecule has 0 amide bonds. The van der Waals surface area contributed by atoms with Crippen molar-refractivity contribution in [3.63, 3.8) is 0 Å². The van der Waals surface area contributed by atoms with Crippen LogP contribution < -0.4 is 5.32 Å². The summed E-state index contributed by atoms with van der Waals surface area (Å²) in [6, 6.07) is 0. The van der Waals surface area contributed by atoms with Crippen molar-refractivity contribution in [2.75, 3.05) is 46.0 Å². The molecule has 2 saturated heterocycles. The van der Waals surface area contributed by atoms with E-state index in [1.807, 2.05) is 0 Å². The third kappa shape index (κ3) is 4.85. The van der Waals surface area contributed by atoms with E-state index in [9.17, 15) is 0 Å². The van der Waals surface area contributed by atoms with Gasteiger partial charge < -0.3 is 19.7 Å². The van der Waals surface area contributed by atoms with Crippen molar-refractivity contribution in [2.45, 2.75) is 58.5 Å². The molecule has 0 unspecified atom stereocenters. The largest absolute Gasteiger partial charge is 0.380 e. The van der Waals surface area contributed by atoms with Crippen LogP contribution in [0.15, 0.2) is 4.99 Å². The highest BCUT2D eigenvalue weighted by molar-refractivity contribution is 5.80. The predicted octanol–water partition coefficient (Wildman–Crippen LogP) is 2.66. The van der Waals surface area contributed by atoms with Crippen LogP contribution in [-0.4, -0.2) is 63.0 Å². The number of ether oxygens (including phenoxy) is 2. The maximum absolute atomic E-state index is 6.19. The number of piperidine rings is 1. The fourth-order valence-electron chi connectivity index (χ4n) is 3.92. The lowest BCUT2D eigenvalue weighted by atomic mass is 9.89. The Labute approximate surface area is 147 Å². The lowest BCUT2D eigenvalue weighted by Gasteiger charge is -2.38. The first-order chi connectivity index (χ1) is 11.7. The summed E-state index contributed by atoms with van der Waals surface area (Å²) in [4.78, 5) is 7.28. The van der Waals surface area contributed by atoms with Gasteiger partial charge in [0.15, 0.2) is 5.96 Å². The molecule has 0 bridgehead atoms. The number of nitrogens with one attached hydrogen (secondary N) is 1. The van der Waals surface area contributed by atoms with E-state index in [1.165, 1.54) is 25.7 Å². The molecule has 5 nitrogen and oxygen atoms in total. The smallest absolute Gasteiger partial charge is 0.193 e. The molecule has 3 fully saturated rings. The summed E-state index contributed by atoms with van der Waals surface area (Å²) in [5.41, 5.74) is 0.239.